The van der Waals surface area contributed by atoms with E-state index in [4.69, 9.17) is 0 Å². The van der Waals surface area contributed by atoms with Gasteiger partial charge >= 0.3 is 0 Å². The predicted octanol–water partition coefficient (Wildman–Crippen LogP) is 1.32. The Morgan fingerprint density at radius 2 is 1.94 bits per heavy atom. The predicted molar refractivity (Wildman–Crippen MR) is 66.6 cm³/mol. The van der Waals surface area contributed by atoms with Crippen LogP contribution >= 0.6 is 0 Å². The zero-order valence-corrected chi connectivity index (χ0v) is 10.6. The summed E-state index contributed by atoms with van der Waals surface area (Å²) in [5.41, 5.74) is 0. The van der Waals surface area contributed by atoms with Crippen molar-refractivity contribution in [2.24, 2.45) is 0 Å². The molecule has 0 aromatic heterocycles. The van der Waals surface area contributed by atoms with Gasteiger partial charge in [-0.1, -0.05) is 0 Å². The summed E-state index contributed by atoms with van der Waals surface area (Å²) in [5.74, 6) is 0. The highest BCUT2D eigenvalue weighted by Crippen LogP contribution is 2.22. The minimum absolute atomic E-state index is 0.0482. The molecule has 0 bridgehead atoms. The summed E-state index contributed by atoms with van der Waals surface area (Å²) in [5, 5.41) is 9.67. The van der Waals surface area contributed by atoms with Crippen molar-refractivity contribution in [1.29, 1.82) is 0 Å². The Labute approximate surface area is 99.4 Å². The molecule has 1 saturated heterocycles. The SMILES string of the molecule is CN(CCN1CCCC1)C1CCCC(O)C1. The first-order valence-corrected chi connectivity index (χ1v) is 6.86. The molecular weight excluding hydrogens is 200 g/mol. The fourth-order valence-corrected chi connectivity index (χ4v) is 3.03. The van der Waals surface area contributed by atoms with Crippen LogP contribution in [-0.4, -0.2) is 60.3 Å². The third-order valence-corrected chi connectivity index (χ3v) is 4.21. The van der Waals surface area contributed by atoms with E-state index in [1.807, 2.05) is 0 Å². The molecule has 1 aliphatic carbocycles. The second kappa shape index (κ2) is 5.99. The first-order chi connectivity index (χ1) is 7.75. The highest BCUT2D eigenvalue weighted by atomic mass is 16.3. The first-order valence-electron chi connectivity index (χ1n) is 6.86. The lowest BCUT2D eigenvalue weighted by atomic mass is 9.92. The molecular formula is C13H26N2O. The molecule has 1 aliphatic heterocycles. The van der Waals surface area contributed by atoms with Crippen molar-refractivity contribution in [3.63, 3.8) is 0 Å². The Hall–Kier alpha value is -0.120. The smallest absolute Gasteiger partial charge is 0.0555 e. The number of hydrogen-bond acceptors (Lipinski definition) is 3. The molecule has 1 heterocycles. The molecule has 2 aliphatic rings. The lowest BCUT2D eigenvalue weighted by molar-refractivity contribution is 0.0694. The van der Waals surface area contributed by atoms with Gasteiger partial charge in [0.2, 0.25) is 0 Å². The van der Waals surface area contributed by atoms with Crippen molar-refractivity contribution in [1.82, 2.24) is 9.80 Å². The Bertz CT molecular complexity index is 204. The molecule has 3 heteroatoms. The van der Waals surface area contributed by atoms with E-state index in [9.17, 15) is 5.11 Å². The first kappa shape index (κ1) is 12.3. The van der Waals surface area contributed by atoms with Gasteiger partial charge in [0.05, 0.1) is 6.10 Å². The van der Waals surface area contributed by atoms with Crippen molar-refractivity contribution >= 4 is 0 Å². The number of aliphatic hydroxyl groups excluding tert-OH is 1. The summed E-state index contributed by atoms with van der Waals surface area (Å²) >= 11 is 0. The maximum absolute atomic E-state index is 9.67. The molecule has 94 valence electrons. The van der Waals surface area contributed by atoms with Crippen LogP contribution in [0.1, 0.15) is 38.5 Å². The number of aliphatic hydroxyl groups is 1. The zero-order valence-electron chi connectivity index (χ0n) is 10.6. The summed E-state index contributed by atoms with van der Waals surface area (Å²) in [6.45, 7) is 4.96. The van der Waals surface area contributed by atoms with Gasteiger partial charge in [-0.15, -0.1) is 0 Å². The lowest BCUT2D eigenvalue weighted by Gasteiger charge is -2.34. The molecule has 1 saturated carbocycles. The second-order valence-electron chi connectivity index (χ2n) is 5.50. The topological polar surface area (TPSA) is 26.7 Å². The standard InChI is InChI=1S/C13H26N2O/c1-14(9-10-15-7-2-3-8-15)12-5-4-6-13(16)11-12/h12-13,16H,2-11H2,1H3. The van der Waals surface area contributed by atoms with Gasteiger partial charge in [0.1, 0.15) is 0 Å². The van der Waals surface area contributed by atoms with Crippen LogP contribution in [0.15, 0.2) is 0 Å². The van der Waals surface area contributed by atoms with Gasteiger partial charge in [-0.05, 0) is 58.7 Å². The van der Waals surface area contributed by atoms with Gasteiger partial charge in [0.15, 0.2) is 0 Å². The molecule has 0 aromatic carbocycles. The molecule has 2 unspecified atom stereocenters. The van der Waals surface area contributed by atoms with Crippen molar-refractivity contribution in [2.45, 2.75) is 50.7 Å². The maximum Gasteiger partial charge on any atom is 0.0555 e. The van der Waals surface area contributed by atoms with Crippen molar-refractivity contribution in [3.05, 3.63) is 0 Å². The van der Waals surface area contributed by atoms with E-state index < -0.39 is 0 Å². The van der Waals surface area contributed by atoms with Gasteiger partial charge in [-0.2, -0.15) is 0 Å². The lowest BCUT2D eigenvalue weighted by Crippen LogP contribution is -2.41. The fraction of sp³-hybridized carbons (Fsp3) is 1.00. The minimum Gasteiger partial charge on any atom is -0.393 e. The molecule has 0 aromatic rings. The summed E-state index contributed by atoms with van der Waals surface area (Å²) in [6, 6.07) is 0.617. The zero-order chi connectivity index (χ0) is 11.4. The summed E-state index contributed by atoms with van der Waals surface area (Å²) in [7, 11) is 2.22. The van der Waals surface area contributed by atoms with Crippen LogP contribution in [0.25, 0.3) is 0 Å². The van der Waals surface area contributed by atoms with Gasteiger partial charge in [-0.3, -0.25) is 0 Å². The van der Waals surface area contributed by atoms with Gasteiger partial charge < -0.3 is 14.9 Å². The summed E-state index contributed by atoms with van der Waals surface area (Å²) < 4.78 is 0. The number of nitrogens with zero attached hydrogens (tertiary/aromatic N) is 2. The average Bonchev–Trinajstić information content (AvgIpc) is 2.78. The summed E-state index contributed by atoms with van der Waals surface area (Å²) in [4.78, 5) is 5.02. The van der Waals surface area contributed by atoms with Crippen LogP contribution in [0.2, 0.25) is 0 Å². The molecule has 3 nitrogen and oxygen atoms in total. The fourth-order valence-electron chi connectivity index (χ4n) is 3.03. The molecule has 2 rings (SSSR count). The third-order valence-electron chi connectivity index (χ3n) is 4.21. The maximum atomic E-state index is 9.67. The summed E-state index contributed by atoms with van der Waals surface area (Å²) in [6.07, 6.45) is 7.17. The van der Waals surface area contributed by atoms with Gasteiger partial charge in [0.25, 0.3) is 0 Å². The van der Waals surface area contributed by atoms with E-state index >= 15 is 0 Å². The quantitative estimate of drug-likeness (QED) is 0.783. The highest BCUT2D eigenvalue weighted by molar-refractivity contribution is 4.79. The molecule has 16 heavy (non-hydrogen) atoms. The van der Waals surface area contributed by atoms with E-state index in [1.165, 1.54) is 45.3 Å². The van der Waals surface area contributed by atoms with Crippen molar-refractivity contribution < 1.29 is 5.11 Å². The Morgan fingerprint density at radius 3 is 2.62 bits per heavy atom. The minimum atomic E-state index is -0.0482. The van der Waals surface area contributed by atoms with E-state index in [0.29, 0.717) is 6.04 Å². The molecule has 0 amide bonds. The number of likely N-dealkylation sites (tertiary alicyclic amines) is 1. The third kappa shape index (κ3) is 3.44. The number of likely N-dealkylation sites (N-methyl/N-ethyl adjacent to an activating group) is 1. The van der Waals surface area contributed by atoms with Crippen LogP contribution in [0.4, 0.5) is 0 Å². The van der Waals surface area contributed by atoms with E-state index in [2.05, 4.69) is 16.8 Å². The van der Waals surface area contributed by atoms with Crippen LogP contribution in [0.3, 0.4) is 0 Å². The van der Waals surface area contributed by atoms with Crippen LogP contribution in [0, 0.1) is 0 Å². The highest BCUT2D eigenvalue weighted by Gasteiger charge is 2.23. The van der Waals surface area contributed by atoms with E-state index in [0.717, 1.165) is 19.4 Å². The van der Waals surface area contributed by atoms with Crippen molar-refractivity contribution in [2.75, 3.05) is 33.2 Å². The molecule has 0 spiro atoms. The van der Waals surface area contributed by atoms with Crippen LogP contribution in [0.5, 0.6) is 0 Å². The van der Waals surface area contributed by atoms with E-state index in [1.54, 1.807) is 0 Å². The molecule has 2 fully saturated rings. The number of hydrogen-bond donors (Lipinski definition) is 1. The molecule has 2 atom stereocenters. The molecule has 0 radical (unpaired) electrons. The molecule has 1 N–H and O–H groups in total. The normalized spacial score (nSPS) is 32.4. The van der Waals surface area contributed by atoms with Crippen LogP contribution < -0.4 is 0 Å². The van der Waals surface area contributed by atoms with Crippen molar-refractivity contribution in [3.8, 4) is 0 Å². The van der Waals surface area contributed by atoms with Gasteiger partial charge in [0, 0.05) is 19.1 Å². The average molecular weight is 226 g/mol. The Morgan fingerprint density at radius 1 is 1.19 bits per heavy atom. The largest absolute Gasteiger partial charge is 0.393 e. The number of rotatable bonds is 4. The Balaban J connectivity index is 1.67. The monoisotopic (exact) mass is 226 g/mol. The van der Waals surface area contributed by atoms with Crippen LogP contribution in [-0.2, 0) is 0 Å². The second-order valence-corrected chi connectivity index (χ2v) is 5.50. The Kier molecular flexibility index (Phi) is 4.62. The van der Waals surface area contributed by atoms with Gasteiger partial charge in [-0.25, -0.2) is 0 Å². The van der Waals surface area contributed by atoms with E-state index in [-0.39, 0.29) is 6.10 Å².